The van der Waals surface area contributed by atoms with Crippen LogP contribution in [0.2, 0.25) is 0 Å². The lowest BCUT2D eigenvalue weighted by atomic mass is 10.1. The second kappa shape index (κ2) is 8.73. The summed E-state index contributed by atoms with van der Waals surface area (Å²) in [5.41, 5.74) is 2.20. The summed E-state index contributed by atoms with van der Waals surface area (Å²) in [6.45, 7) is 2.26. The monoisotopic (exact) mass is 422 g/mol. The summed E-state index contributed by atoms with van der Waals surface area (Å²) in [5.74, 6) is 0. The third-order valence-electron chi connectivity index (χ3n) is 5.07. The number of hydrogen-bond donors (Lipinski definition) is 2. The van der Waals surface area contributed by atoms with Gasteiger partial charge in [-0.15, -0.1) is 0 Å². The molecule has 2 aromatic carbocycles. The van der Waals surface area contributed by atoms with Gasteiger partial charge in [-0.05, 0) is 61.6 Å². The van der Waals surface area contributed by atoms with Gasteiger partial charge in [-0.2, -0.15) is 0 Å². The van der Waals surface area contributed by atoms with Crippen molar-refractivity contribution in [1.29, 1.82) is 0 Å². The van der Waals surface area contributed by atoms with E-state index in [-0.39, 0.29) is 22.4 Å². The Morgan fingerprint density at radius 3 is 2.04 bits per heavy atom. The fourth-order valence-electron chi connectivity index (χ4n) is 3.42. The third-order valence-corrected chi connectivity index (χ3v) is 8.08. The van der Waals surface area contributed by atoms with Crippen LogP contribution in [0.15, 0.2) is 58.3 Å². The van der Waals surface area contributed by atoms with E-state index in [0.717, 1.165) is 36.8 Å². The first-order valence-corrected chi connectivity index (χ1v) is 12.4. The number of sulfonamides is 2. The summed E-state index contributed by atoms with van der Waals surface area (Å²) in [4.78, 5) is 0.135. The van der Waals surface area contributed by atoms with Gasteiger partial charge in [-0.1, -0.05) is 37.1 Å². The van der Waals surface area contributed by atoms with Gasteiger partial charge in [0.1, 0.15) is 0 Å². The lowest BCUT2D eigenvalue weighted by Crippen LogP contribution is -2.32. The zero-order valence-corrected chi connectivity index (χ0v) is 17.5. The molecule has 28 heavy (non-hydrogen) atoms. The SMILES string of the molecule is Cc1ccccc1CCNS(=O)(=O)c1ccc(S(=O)(=O)NC2CCCC2)cc1. The number of nitrogens with one attached hydrogen (secondary N) is 2. The van der Waals surface area contributed by atoms with E-state index in [1.54, 1.807) is 0 Å². The molecule has 0 bridgehead atoms. The van der Waals surface area contributed by atoms with Crippen molar-refractivity contribution in [3.63, 3.8) is 0 Å². The molecule has 1 saturated carbocycles. The van der Waals surface area contributed by atoms with Crippen molar-refractivity contribution in [2.75, 3.05) is 6.54 Å². The van der Waals surface area contributed by atoms with E-state index in [1.807, 2.05) is 31.2 Å². The molecule has 0 amide bonds. The molecule has 8 heteroatoms. The first-order valence-electron chi connectivity index (χ1n) is 9.44. The highest BCUT2D eigenvalue weighted by Gasteiger charge is 2.23. The normalized spacial score (nSPS) is 15.8. The van der Waals surface area contributed by atoms with Crippen molar-refractivity contribution in [3.05, 3.63) is 59.7 Å². The van der Waals surface area contributed by atoms with Crippen LogP contribution in [0.5, 0.6) is 0 Å². The first-order chi connectivity index (χ1) is 13.3. The molecule has 1 aliphatic carbocycles. The van der Waals surface area contributed by atoms with E-state index in [4.69, 9.17) is 0 Å². The zero-order chi connectivity index (χ0) is 20.2. The maximum atomic E-state index is 12.5. The van der Waals surface area contributed by atoms with E-state index < -0.39 is 20.0 Å². The van der Waals surface area contributed by atoms with Gasteiger partial charge in [0.25, 0.3) is 0 Å². The summed E-state index contributed by atoms with van der Waals surface area (Å²) in [6.07, 6.45) is 4.33. The number of hydrogen-bond acceptors (Lipinski definition) is 4. The Kier molecular flexibility index (Phi) is 6.54. The molecule has 1 aliphatic rings. The quantitative estimate of drug-likeness (QED) is 0.684. The van der Waals surface area contributed by atoms with Gasteiger partial charge in [0, 0.05) is 12.6 Å². The molecule has 152 valence electrons. The van der Waals surface area contributed by atoms with Crippen LogP contribution in [0.3, 0.4) is 0 Å². The fraction of sp³-hybridized carbons (Fsp3) is 0.400. The molecular weight excluding hydrogens is 396 g/mol. The number of aryl methyl sites for hydroxylation is 1. The molecule has 0 saturated heterocycles. The van der Waals surface area contributed by atoms with Crippen molar-refractivity contribution >= 4 is 20.0 Å². The summed E-state index contributed by atoms with van der Waals surface area (Å²) >= 11 is 0. The number of rotatable bonds is 8. The van der Waals surface area contributed by atoms with Gasteiger partial charge in [0.2, 0.25) is 20.0 Å². The standard InChI is InChI=1S/C20H26N2O4S2/c1-16-6-2-3-7-17(16)14-15-21-27(23,24)19-10-12-20(13-11-19)28(25,26)22-18-8-4-5-9-18/h2-3,6-7,10-13,18,21-22H,4-5,8-9,14-15H2,1H3. The Morgan fingerprint density at radius 1 is 0.857 bits per heavy atom. The molecule has 6 nitrogen and oxygen atoms in total. The van der Waals surface area contributed by atoms with Crippen LogP contribution in [0, 0.1) is 6.92 Å². The predicted octanol–water partition coefficient (Wildman–Crippen LogP) is 2.74. The highest BCUT2D eigenvalue weighted by molar-refractivity contribution is 7.90. The Balaban J connectivity index is 1.63. The van der Waals surface area contributed by atoms with E-state index in [9.17, 15) is 16.8 Å². The third kappa shape index (κ3) is 5.20. The molecule has 0 spiro atoms. The minimum absolute atomic E-state index is 0.0310. The molecule has 3 rings (SSSR count). The molecular formula is C20H26N2O4S2. The molecule has 0 aromatic heterocycles. The molecule has 0 unspecified atom stereocenters. The average Bonchev–Trinajstić information content (AvgIpc) is 3.16. The van der Waals surface area contributed by atoms with E-state index >= 15 is 0 Å². The van der Waals surface area contributed by atoms with E-state index in [0.29, 0.717) is 6.42 Å². The maximum absolute atomic E-state index is 12.5. The Hall–Kier alpha value is -1.74. The van der Waals surface area contributed by atoms with Crippen LogP contribution in [-0.4, -0.2) is 29.4 Å². The van der Waals surface area contributed by atoms with E-state index in [2.05, 4.69) is 9.44 Å². The molecule has 2 aromatic rings. The lowest BCUT2D eigenvalue weighted by Gasteiger charge is -2.13. The minimum Gasteiger partial charge on any atom is -0.211 e. The largest absolute Gasteiger partial charge is 0.240 e. The lowest BCUT2D eigenvalue weighted by molar-refractivity contribution is 0.551. The van der Waals surface area contributed by atoms with Crippen LogP contribution in [0.1, 0.15) is 36.8 Å². The summed E-state index contributed by atoms with van der Waals surface area (Å²) in [6, 6.07) is 13.1. The zero-order valence-electron chi connectivity index (χ0n) is 15.9. The van der Waals surface area contributed by atoms with Crippen molar-refractivity contribution in [1.82, 2.24) is 9.44 Å². The van der Waals surface area contributed by atoms with Crippen molar-refractivity contribution in [2.24, 2.45) is 0 Å². The van der Waals surface area contributed by atoms with Gasteiger partial charge in [0.05, 0.1) is 9.79 Å². The van der Waals surface area contributed by atoms with Crippen LogP contribution in [0.4, 0.5) is 0 Å². The van der Waals surface area contributed by atoms with Crippen molar-refractivity contribution in [2.45, 2.75) is 54.9 Å². The van der Waals surface area contributed by atoms with Crippen LogP contribution in [-0.2, 0) is 26.5 Å². The topological polar surface area (TPSA) is 92.3 Å². The average molecular weight is 423 g/mol. The molecule has 0 aliphatic heterocycles. The van der Waals surface area contributed by atoms with Gasteiger partial charge in [-0.3, -0.25) is 0 Å². The number of benzene rings is 2. The van der Waals surface area contributed by atoms with Crippen molar-refractivity contribution in [3.8, 4) is 0 Å². The Morgan fingerprint density at radius 2 is 1.43 bits per heavy atom. The van der Waals surface area contributed by atoms with Crippen LogP contribution in [0.25, 0.3) is 0 Å². The maximum Gasteiger partial charge on any atom is 0.240 e. The first kappa shape index (κ1) is 21.0. The highest BCUT2D eigenvalue weighted by atomic mass is 32.2. The van der Waals surface area contributed by atoms with Gasteiger partial charge in [0.15, 0.2) is 0 Å². The molecule has 2 N–H and O–H groups in total. The van der Waals surface area contributed by atoms with Crippen LogP contribution < -0.4 is 9.44 Å². The van der Waals surface area contributed by atoms with Crippen LogP contribution >= 0.6 is 0 Å². The van der Waals surface area contributed by atoms with Gasteiger partial charge >= 0.3 is 0 Å². The molecule has 0 radical (unpaired) electrons. The Bertz CT molecular complexity index is 1010. The van der Waals surface area contributed by atoms with Gasteiger partial charge < -0.3 is 0 Å². The van der Waals surface area contributed by atoms with E-state index in [1.165, 1.54) is 24.3 Å². The predicted molar refractivity (Wildman–Crippen MR) is 109 cm³/mol. The smallest absolute Gasteiger partial charge is 0.211 e. The summed E-state index contributed by atoms with van der Waals surface area (Å²) in [7, 11) is -7.32. The Labute approximate surface area is 167 Å². The molecule has 0 heterocycles. The van der Waals surface area contributed by atoms with Crippen molar-refractivity contribution < 1.29 is 16.8 Å². The second-order valence-electron chi connectivity index (χ2n) is 7.15. The molecule has 1 fully saturated rings. The summed E-state index contributed by atoms with van der Waals surface area (Å²) in [5, 5.41) is 0. The minimum atomic E-state index is -3.69. The molecule has 0 atom stereocenters. The summed E-state index contributed by atoms with van der Waals surface area (Å²) < 4.78 is 55.1. The highest BCUT2D eigenvalue weighted by Crippen LogP contribution is 2.21. The van der Waals surface area contributed by atoms with Gasteiger partial charge in [-0.25, -0.2) is 26.3 Å². The fourth-order valence-corrected chi connectivity index (χ4v) is 5.76. The second-order valence-corrected chi connectivity index (χ2v) is 10.6.